The lowest BCUT2D eigenvalue weighted by Gasteiger charge is -2.20. The van der Waals surface area contributed by atoms with Gasteiger partial charge in [-0.3, -0.25) is 4.79 Å². The van der Waals surface area contributed by atoms with Crippen molar-refractivity contribution in [2.75, 3.05) is 6.29 Å². The molecule has 0 aromatic heterocycles. The summed E-state index contributed by atoms with van der Waals surface area (Å²) in [6.45, 7) is 0. The molecule has 1 amide bonds. The fourth-order valence-electron chi connectivity index (χ4n) is 2.75. The number of carboxylic acids is 2. The molecule has 10 heteroatoms. The van der Waals surface area contributed by atoms with Gasteiger partial charge in [0.25, 0.3) is 0 Å². The van der Waals surface area contributed by atoms with Gasteiger partial charge in [0.05, 0.1) is 17.5 Å². The molecule has 0 bridgehead atoms. The molecule has 0 radical (unpaired) electrons. The van der Waals surface area contributed by atoms with Crippen molar-refractivity contribution in [3.8, 4) is 11.5 Å². The quantitative estimate of drug-likeness (QED) is 0.378. The molecule has 33 heavy (non-hydrogen) atoms. The third-order valence-electron chi connectivity index (χ3n) is 4.37. The first kappa shape index (κ1) is 23.6. The average molecular weight is 469 g/mol. The van der Waals surface area contributed by atoms with Crippen LogP contribution in [0.15, 0.2) is 78.9 Å². The first-order valence-electron chi connectivity index (χ1n) is 9.70. The van der Waals surface area contributed by atoms with Crippen LogP contribution in [0.25, 0.3) is 0 Å². The maximum Gasteiger partial charge on any atom is 0.449 e. The smallest absolute Gasteiger partial charge is 0.449 e. The summed E-state index contributed by atoms with van der Waals surface area (Å²) in [5.41, 5.74) is 0.789. The van der Waals surface area contributed by atoms with E-state index < -0.39 is 31.7 Å². The lowest BCUT2D eigenvalue weighted by molar-refractivity contribution is -0.120. The van der Waals surface area contributed by atoms with Crippen LogP contribution in [0.1, 0.15) is 26.3 Å². The van der Waals surface area contributed by atoms with Crippen molar-refractivity contribution in [1.82, 2.24) is 5.32 Å². The van der Waals surface area contributed by atoms with Gasteiger partial charge >= 0.3 is 19.5 Å². The molecule has 0 fully saturated rings. The van der Waals surface area contributed by atoms with Gasteiger partial charge in [-0.05, 0) is 54.1 Å². The standard InChI is InChI=1S/C23H20NO8P/c25-21(14-16-4-2-1-3-5-16)24-15-33(30,31-19-10-6-17(7-11-19)22(26)27)32-20-12-8-18(9-13-20)23(28)29/h1-13H,14-15H2,(H,24,25)(H,26,27)(H,28,29). The van der Waals surface area contributed by atoms with E-state index in [9.17, 15) is 18.9 Å². The monoisotopic (exact) mass is 469 g/mol. The van der Waals surface area contributed by atoms with Crippen molar-refractivity contribution in [2.24, 2.45) is 0 Å². The Balaban J connectivity index is 1.76. The molecule has 170 valence electrons. The maximum atomic E-state index is 13.5. The van der Waals surface area contributed by atoms with Crippen LogP contribution in [0.4, 0.5) is 0 Å². The van der Waals surface area contributed by atoms with Crippen LogP contribution in [0.5, 0.6) is 11.5 Å². The molecule has 9 nitrogen and oxygen atoms in total. The zero-order valence-corrected chi connectivity index (χ0v) is 18.1. The van der Waals surface area contributed by atoms with Gasteiger partial charge in [-0.25, -0.2) is 14.2 Å². The number of nitrogens with one attached hydrogen (secondary N) is 1. The molecule has 3 N–H and O–H groups in total. The van der Waals surface area contributed by atoms with E-state index in [1.165, 1.54) is 48.5 Å². The highest BCUT2D eigenvalue weighted by molar-refractivity contribution is 7.54. The zero-order chi connectivity index (χ0) is 23.8. The highest BCUT2D eigenvalue weighted by Gasteiger charge is 2.29. The van der Waals surface area contributed by atoms with Gasteiger partial charge in [0, 0.05) is 0 Å². The van der Waals surface area contributed by atoms with E-state index >= 15 is 0 Å². The Kier molecular flexibility index (Phi) is 7.48. The van der Waals surface area contributed by atoms with Gasteiger partial charge in [0.2, 0.25) is 5.91 Å². The Morgan fingerprint density at radius 2 is 1.18 bits per heavy atom. The van der Waals surface area contributed by atoms with E-state index in [0.717, 1.165) is 5.56 Å². The summed E-state index contributed by atoms with van der Waals surface area (Å²) < 4.78 is 24.5. The fourth-order valence-corrected chi connectivity index (χ4v) is 4.17. The SMILES string of the molecule is O=C(Cc1ccccc1)NCP(=O)(Oc1ccc(C(=O)O)cc1)Oc1ccc(C(=O)O)cc1. The van der Waals surface area contributed by atoms with Crippen molar-refractivity contribution >= 4 is 25.4 Å². The predicted molar refractivity (Wildman–Crippen MR) is 119 cm³/mol. The zero-order valence-electron chi connectivity index (χ0n) is 17.2. The number of rotatable bonds is 10. The van der Waals surface area contributed by atoms with Crippen LogP contribution in [-0.2, 0) is 15.8 Å². The topological polar surface area (TPSA) is 139 Å². The Morgan fingerprint density at radius 3 is 1.61 bits per heavy atom. The van der Waals surface area contributed by atoms with Gasteiger partial charge < -0.3 is 24.6 Å². The minimum absolute atomic E-state index is 0.0125. The van der Waals surface area contributed by atoms with Gasteiger partial charge in [0.15, 0.2) is 0 Å². The van der Waals surface area contributed by atoms with Gasteiger partial charge in [0.1, 0.15) is 17.8 Å². The minimum atomic E-state index is -4.03. The Labute approximate surface area is 189 Å². The number of amides is 1. The van der Waals surface area contributed by atoms with Gasteiger partial charge in [-0.15, -0.1) is 0 Å². The molecule has 0 saturated heterocycles. The molecule has 0 aliphatic heterocycles. The summed E-state index contributed by atoms with van der Waals surface area (Å²) in [5, 5.41) is 20.6. The van der Waals surface area contributed by atoms with E-state index in [1.54, 1.807) is 24.3 Å². The largest absolute Gasteiger partial charge is 0.478 e. The predicted octanol–water partition coefficient (Wildman–Crippen LogP) is 4.05. The molecule has 3 aromatic rings. The molecule has 3 aromatic carbocycles. The van der Waals surface area contributed by atoms with E-state index in [2.05, 4.69) is 5.32 Å². The number of hydrogen-bond donors (Lipinski definition) is 3. The van der Waals surface area contributed by atoms with Crippen LogP contribution in [-0.4, -0.2) is 34.3 Å². The van der Waals surface area contributed by atoms with E-state index in [-0.39, 0.29) is 29.0 Å². The summed E-state index contributed by atoms with van der Waals surface area (Å²) in [6, 6.07) is 19.3. The van der Waals surface area contributed by atoms with E-state index in [4.69, 9.17) is 19.3 Å². The Bertz CT molecular complexity index is 1110. The Hall–Kier alpha value is -4.10. The van der Waals surface area contributed by atoms with Crippen LogP contribution < -0.4 is 14.4 Å². The summed E-state index contributed by atoms with van der Waals surface area (Å²) in [7, 11) is -4.03. The van der Waals surface area contributed by atoms with Gasteiger partial charge in [-0.2, -0.15) is 0 Å². The van der Waals surface area contributed by atoms with Crippen molar-refractivity contribution in [2.45, 2.75) is 6.42 Å². The summed E-state index contributed by atoms with van der Waals surface area (Å²) in [4.78, 5) is 34.4. The third-order valence-corrected chi connectivity index (χ3v) is 5.89. The second kappa shape index (κ2) is 10.5. The van der Waals surface area contributed by atoms with Crippen molar-refractivity contribution in [3.05, 3.63) is 95.6 Å². The molecule has 0 unspecified atom stereocenters. The van der Waals surface area contributed by atoms with Crippen LogP contribution in [0.2, 0.25) is 0 Å². The molecule has 0 saturated carbocycles. The molecular formula is C23H20NO8P. The highest BCUT2D eigenvalue weighted by atomic mass is 31.2. The normalized spacial score (nSPS) is 10.8. The minimum Gasteiger partial charge on any atom is -0.478 e. The molecule has 0 atom stereocenters. The second-order valence-corrected chi connectivity index (χ2v) is 8.78. The Morgan fingerprint density at radius 1 is 0.727 bits per heavy atom. The molecule has 3 rings (SSSR count). The molecule has 0 aliphatic carbocycles. The molecular weight excluding hydrogens is 449 g/mol. The number of carbonyl (C=O) groups is 3. The highest BCUT2D eigenvalue weighted by Crippen LogP contribution is 2.47. The van der Waals surface area contributed by atoms with Crippen molar-refractivity contribution in [3.63, 3.8) is 0 Å². The summed E-state index contributed by atoms with van der Waals surface area (Å²) >= 11 is 0. The average Bonchev–Trinajstić information content (AvgIpc) is 2.79. The van der Waals surface area contributed by atoms with E-state index in [1.807, 2.05) is 6.07 Å². The van der Waals surface area contributed by atoms with Gasteiger partial charge in [-0.1, -0.05) is 30.3 Å². The van der Waals surface area contributed by atoms with Crippen LogP contribution >= 0.6 is 7.60 Å². The number of aromatic carboxylic acids is 2. The number of carboxylic acid groups (broad SMARTS) is 2. The summed E-state index contributed by atoms with van der Waals surface area (Å²) in [5.74, 6) is -2.53. The first-order chi connectivity index (χ1) is 15.7. The van der Waals surface area contributed by atoms with E-state index in [0.29, 0.717) is 0 Å². The number of hydrogen-bond acceptors (Lipinski definition) is 6. The third kappa shape index (κ3) is 6.95. The van der Waals surface area contributed by atoms with Crippen LogP contribution in [0.3, 0.4) is 0 Å². The lowest BCUT2D eigenvalue weighted by atomic mass is 10.1. The number of benzene rings is 3. The molecule has 0 aliphatic rings. The first-order valence-corrected chi connectivity index (χ1v) is 11.4. The van der Waals surface area contributed by atoms with Crippen molar-refractivity contribution in [1.29, 1.82) is 0 Å². The maximum absolute atomic E-state index is 13.5. The fraction of sp³-hybridized carbons (Fsp3) is 0.0870. The van der Waals surface area contributed by atoms with Crippen LogP contribution in [0, 0.1) is 0 Å². The molecule has 0 heterocycles. The lowest BCUT2D eigenvalue weighted by Crippen LogP contribution is -2.28. The number of carbonyl (C=O) groups excluding carboxylic acids is 1. The summed E-state index contributed by atoms with van der Waals surface area (Å²) in [6.07, 6.45) is -0.415. The molecule has 0 spiro atoms. The second-order valence-electron chi connectivity index (χ2n) is 6.87. The van der Waals surface area contributed by atoms with Crippen molar-refractivity contribution < 1.29 is 38.2 Å².